The van der Waals surface area contributed by atoms with Crippen molar-refractivity contribution in [2.75, 3.05) is 24.7 Å². The zero-order valence-corrected chi connectivity index (χ0v) is 16.0. The molecule has 3 aromatic rings. The van der Waals surface area contributed by atoms with Crippen molar-refractivity contribution in [1.29, 1.82) is 0 Å². The molecule has 156 valence electrons. The highest BCUT2D eigenvalue weighted by Gasteiger charge is 2.58. The topological polar surface area (TPSA) is 77.2 Å². The quantitative estimate of drug-likeness (QED) is 0.446. The molecule has 0 spiro atoms. The van der Waals surface area contributed by atoms with Crippen LogP contribution in [0.25, 0.3) is 16.9 Å². The fourth-order valence-electron chi connectivity index (χ4n) is 2.34. The number of hydrogen-bond donors (Lipinski definition) is 1. The molecule has 0 atom stereocenters. The van der Waals surface area contributed by atoms with Crippen molar-refractivity contribution in [1.82, 2.24) is 24.6 Å². The number of nitrogens with zero attached hydrogens (tertiary/aromatic N) is 5. The van der Waals surface area contributed by atoms with Crippen LogP contribution in [0, 0.1) is 0 Å². The van der Waals surface area contributed by atoms with Gasteiger partial charge in [0.15, 0.2) is 12.3 Å². The van der Waals surface area contributed by atoms with Gasteiger partial charge < -0.3 is 10.1 Å². The third kappa shape index (κ3) is 4.18. The summed E-state index contributed by atoms with van der Waals surface area (Å²) in [6.07, 6.45) is -1.93. The van der Waals surface area contributed by atoms with Crippen molar-refractivity contribution in [2.45, 2.75) is 24.0 Å². The summed E-state index contributed by atoms with van der Waals surface area (Å²) >= 11 is 1.44. The Morgan fingerprint density at radius 2 is 1.90 bits per heavy atom. The lowest BCUT2D eigenvalue weighted by Gasteiger charge is -2.19. The van der Waals surface area contributed by atoms with E-state index < -0.39 is 24.6 Å². The minimum atomic E-state index is -5.71. The summed E-state index contributed by atoms with van der Waals surface area (Å²) < 4.78 is 68.7. The van der Waals surface area contributed by atoms with Crippen molar-refractivity contribution >= 4 is 23.2 Å². The van der Waals surface area contributed by atoms with Crippen LogP contribution in [-0.4, -0.2) is 56.1 Å². The number of rotatable bonds is 7. The number of nitrogens with one attached hydrogen (secondary N) is 1. The molecular formula is C16H15F5N6OS. The Hall–Kier alpha value is -2.70. The van der Waals surface area contributed by atoms with Crippen molar-refractivity contribution < 1.29 is 26.7 Å². The standard InChI is InChI=1S/C16H15F5N6OS/c1-3-29-14-12(13-23-5-4-10(22-2)27(13)26-14)9-6-25-11(7-24-9)28-8-15(17,18)16(19,20)21/h4-7,22H,3,8H2,1-2H3. The van der Waals surface area contributed by atoms with Gasteiger partial charge in [-0.15, -0.1) is 11.8 Å². The summed E-state index contributed by atoms with van der Waals surface area (Å²) in [5, 5.41) is 8.11. The maximum atomic E-state index is 13.0. The van der Waals surface area contributed by atoms with Crippen LogP contribution in [0.15, 0.2) is 29.7 Å². The summed E-state index contributed by atoms with van der Waals surface area (Å²) in [4.78, 5) is 12.2. The average Bonchev–Trinajstić information content (AvgIpc) is 3.04. The minimum Gasteiger partial charge on any atom is -0.470 e. The predicted molar refractivity (Wildman–Crippen MR) is 96.5 cm³/mol. The maximum absolute atomic E-state index is 13.0. The van der Waals surface area contributed by atoms with Gasteiger partial charge in [-0.05, 0) is 11.8 Å². The van der Waals surface area contributed by atoms with E-state index in [1.54, 1.807) is 23.8 Å². The second-order valence-electron chi connectivity index (χ2n) is 5.66. The number of halogens is 5. The van der Waals surface area contributed by atoms with Crippen molar-refractivity contribution in [3.05, 3.63) is 24.7 Å². The maximum Gasteiger partial charge on any atom is 0.456 e. The SMILES string of the molecule is CCSc1nn2c(NC)ccnc2c1-c1cnc(OCC(F)(F)C(F)(F)F)cn1. The van der Waals surface area contributed by atoms with Crippen LogP contribution in [0.4, 0.5) is 27.8 Å². The number of fused-ring (bicyclic) bond motifs is 1. The number of alkyl halides is 5. The van der Waals surface area contributed by atoms with Crippen LogP contribution in [-0.2, 0) is 0 Å². The van der Waals surface area contributed by atoms with Crippen LogP contribution >= 0.6 is 11.8 Å². The third-order valence-electron chi connectivity index (χ3n) is 3.72. The van der Waals surface area contributed by atoms with Gasteiger partial charge in [0.05, 0.1) is 23.7 Å². The molecule has 0 saturated carbocycles. The lowest BCUT2D eigenvalue weighted by Crippen LogP contribution is -2.41. The number of hydrogen-bond acceptors (Lipinski definition) is 7. The summed E-state index contributed by atoms with van der Waals surface area (Å²) in [7, 11) is 1.73. The molecule has 0 amide bonds. The summed E-state index contributed by atoms with van der Waals surface area (Å²) in [6.45, 7) is 0.0551. The van der Waals surface area contributed by atoms with E-state index in [1.807, 2.05) is 6.92 Å². The van der Waals surface area contributed by atoms with Crippen LogP contribution in [0.1, 0.15) is 6.92 Å². The van der Waals surface area contributed by atoms with E-state index in [0.29, 0.717) is 33.5 Å². The van der Waals surface area contributed by atoms with Gasteiger partial charge in [0.2, 0.25) is 5.88 Å². The number of aromatic nitrogens is 5. The number of thioether (sulfide) groups is 1. The van der Waals surface area contributed by atoms with E-state index in [9.17, 15) is 22.0 Å². The number of anilines is 1. The van der Waals surface area contributed by atoms with Crippen molar-refractivity contribution in [2.24, 2.45) is 0 Å². The first-order valence-corrected chi connectivity index (χ1v) is 9.24. The van der Waals surface area contributed by atoms with E-state index >= 15 is 0 Å². The molecule has 0 radical (unpaired) electrons. The van der Waals surface area contributed by atoms with Crippen molar-refractivity contribution in [3.8, 4) is 17.1 Å². The zero-order valence-electron chi connectivity index (χ0n) is 15.2. The normalized spacial score (nSPS) is 12.4. The molecule has 0 fully saturated rings. The molecule has 0 unspecified atom stereocenters. The highest BCUT2D eigenvalue weighted by atomic mass is 32.2. The zero-order chi connectivity index (χ0) is 21.2. The highest BCUT2D eigenvalue weighted by Crippen LogP contribution is 2.36. The van der Waals surface area contributed by atoms with Gasteiger partial charge in [-0.1, -0.05) is 6.92 Å². The van der Waals surface area contributed by atoms with E-state index in [0.717, 1.165) is 6.20 Å². The molecule has 0 aliphatic rings. The van der Waals surface area contributed by atoms with E-state index in [4.69, 9.17) is 0 Å². The monoisotopic (exact) mass is 434 g/mol. The first kappa shape index (κ1) is 21.0. The number of ether oxygens (including phenoxy) is 1. The molecule has 0 bridgehead atoms. The first-order chi connectivity index (χ1) is 13.7. The summed E-state index contributed by atoms with van der Waals surface area (Å²) in [6, 6.07) is 1.73. The Bertz CT molecular complexity index is 992. The van der Waals surface area contributed by atoms with Gasteiger partial charge in [0.25, 0.3) is 0 Å². The molecule has 0 aliphatic carbocycles. The Balaban J connectivity index is 1.92. The lowest BCUT2D eigenvalue weighted by atomic mass is 10.2. The fraction of sp³-hybridized carbons (Fsp3) is 0.375. The summed E-state index contributed by atoms with van der Waals surface area (Å²) in [5.41, 5.74) is 1.37. The average molecular weight is 434 g/mol. The molecule has 0 aromatic carbocycles. The van der Waals surface area contributed by atoms with Crippen LogP contribution in [0.2, 0.25) is 0 Å². The highest BCUT2D eigenvalue weighted by molar-refractivity contribution is 7.99. The van der Waals surface area contributed by atoms with Gasteiger partial charge in [-0.2, -0.15) is 31.6 Å². The molecule has 3 rings (SSSR count). The largest absolute Gasteiger partial charge is 0.470 e. The van der Waals surface area contributed by atoms with Crippen molar-refractivity contribution in [3.63, 3.8) is 0 Å². The first-order valence-electron chi connectivity index (χ1n) is 8.26. The van der Waals surface area contributed by atoms with E-state index in [2.05, 4.69) is 30.1 Å². The Morgan fingerprint density at radius 3 is 2.48 bits per heavy atom. The molecule has 0 saturated heterocycles. The van der Waals surface area contributed by atoms with E-state index in [-0.39, 0.29) is 0 Å². The molecule has 1 N–H and O–H groups in total. The molecule has 29 heavy (non-hydrogen) atoms. The van der Waals surface area contributed by atoms with Gasteiger partial charge in [0.1, 0.15) is 10.8 Å². The molecule has 3 heterocycles. The second-order valence-corrected chi connectivity index (χ2v) is 6.91. The molecule has 3 aromatic heterocycles. The van der Waals surface area contributed by atoms with Gasteiger partial charge in [-0.3, -0.25) is 0 Å². The van der Waals surface area contributed by atoms with Gasteiger partial charge >= 0.3 is 12.1 Å². The van der Waals surface area contributed by atoms with Crippen LogP contribution in [0.3, 0.4) is 0 Å². The van der Waals surface area contributed by atoms with Crippen LogP contribution in [0.5, 0.6) is 5.88 Å². The molecule has 0 aliphatic heterocycles. The molecular weight excluding hydrogens is 419 g/mol. The van der Waals surface area contributed by atoms with E-state index in [1.165, 1.54) is 18.0 Å². The third-order valence-corrected chi connectivity index (χ3v) is 4.57. The lowest BCUT2D eigenvalue weighted by molar-refractivity contribution is -0.290. The summed E-state index contributed by atoms with van der Waals surface area (Å²) in [5.74, 6) is -4.05. The minimum absolute atomic E-state index is 0.326. The fourth-order valence-corrected chi connectivity index (χ4v) is 3.10. The second kappa shape index (κ2) is 7.97. The molecule has 7 nitrogen and oxygen atoms in total. The Morgan fingerprint density at radius 1 is 1.14 bits per heavy atom. The molecule has 13 heteroatoms. The van der Waals surface area contributed by atoms with Gasteiger partial charge in [0, 0.05) is 13.2 Å². The van der Waals surface area contributed by atoms with Gasteiger partial charge in [-0.25, -0.2) is 15.0 Å². The Kier molecular flexibility index (Phi) is 5.78. The van der Waals surface area contributed by atoms with Crippen LogP contribution < -0.4 is 10.1 Å². The smallest absolute Gasteiger partial charge is 0.456 e. The predicted octanol–water partition coefficient (Wildman–Crippen LogP) is 3.92. The Labute approximate surface area is 165 Å².